The highest BCUT2D eigenvalue weighted by Crippen LogP contribution is 2.32. The van der Waals surface area contributed by atoms with Gasteiger partial charge >= 0.3 is 0 Å². The molecule has 1 saturated heterocycles. The maximum atomic E-state index is 13.1. The van der Waals surface area contributed by atoms with Crippen molar-refractivity contribution in [3.05, 3.63) is 46.6 Å². The first-order valence-electron chi connectivity index (χ1n) is 10.8. The Balaban J connectivity index is 1.53. The van der Waals surface area contributed by atoms with E-state index in [1.807, 2.05) is 19.9 Å². The average Bonchev–Trinajstić information content (AvgIpc) is 3.32. The Kier molecular flexibility index (Phi) is 6.56. The summed E-state index contributed by atoms with van der Waals surface area (Å²) in [6.07, 6.45) is 3.31. The van der Waals surface area contributed by atoms with Crippen LogP contribution in [0.4, 0.5) is 5.69 Å². The summed E-state index contributed by atoms with van der Waals surface area (Å²) >= 11 is 1.27. The van der Waals surface area contributed by atoms with Crippen LogP contribution in [0.5, 0.6) is 0 Å². The van der Waals surface area contributed by atoms with Crippen molar-refractivity contribution >= 4 is 33.4 Å². The molecule has 1 aromatic heterocycles. The lowest BCUT2D eigenvalue weighted by Crippen LogP contribution is -2.37. The molecule has 3 heterocycles. The summed E-state index contributed by atoms with van der Waals surface area (Å²) in [4.78, 5) is 19.5. The van der Waals surface area contributed by atoms with Crippen LogP contribution in [0.25, 0.3) is 0 Å². The van der Waals surface area contributed by atoms with E-state index in [4.69, 9.17) is 0 Å². The molecule has 0 saturated carbocycles. The lowest BCUT2D eigenvalue weighted by atomic mass is 10.0. The molecular formula is C23H26N4O3S2. The fraction of sp³-hybridized carbons (Fsp3) is 0.435. The number of aromatic nitrogens is 1. The molecule has 2 aliphatic heterocycles. The maximum Gasteiger partial charge on any atom is 0.243 e. The molecule has 32 heavy (non-hydrogen) atoms. The van der Waals surface area contributed by atoms with E-state index < -0.39 is 10.0 Å². The number of carbonyl (C=O) groups excluding carboxylic acids is 1. The number of pyridine rings is 1. The third kappa shape index (κ3) is 4.40. The predicted molar refractivity (Wildman–Crippen MR) is 124 cm³/mol. The third-order valence-electron chi connectivity index (χ3n) is 5.93. The van der Waals surface area contributed by atoms with Crippen molar-refractivity contribution in [2.24, 2.45) is 0 Å². The third-order valence-corrected chi connectivity index (χ3v) is 8.78. The molecule has 0 radical (unpaired) electrons. The summed E-state index contributed by atoms with van der Waals surface area (Å²) in [5.41, 5.74) is 3.83. The number of hydrogen-bond donors (Lipinski definition) is 0. The van der Waals surface area contributed by atoms with Gasteiger partial charge in [0, 0.05) is 31.0 Å². The molecule has 9 heteroatoms. The zero-order valence-electron chi connectivity index (χ0n) is 18.3. The summed E-state index contributed by atoms with van der Waals surface area (Å²) in [5, 5.41) is 10.0. The molecule has 1 fully saturated rings. The van der Waals surface area contributed by atoms with Crippen LogP contribution in [0, 0.1) is 25.2 Å². The van der Waals surface area contributed by atoms with E-state index in [1.54, 1.807) is 27.4 Å². The molecule has 1 amide bonds. The Bertz CT molecular complexity index is 1200. The van der Waals surface area contributed by atoms with Crippen molar-refractivity contribution in [2.75, 3.05) is 30.3 Å². The van der Waals surface area contributed by atoms with Gasteiger partial charge in [0.2, 0.25) is 15.9 Å². The normalized spacial score (nSPS) is 16.6. The van der Waals surface area contributed by atoms with Gasteiger partial charge in [0.25, 0.3) is 0 Å². The van der Waals surface area contributed by atoms with Gasteiger partial charge in [0.05, 0.1) is 16.2 Å². The van der Waals surface area contributed by atoms with Crippen molar-refractivity contribution in [1.29, 1.82) is 5.26 Å². The summed E-state index contributed by atoms with van der Waals surface area (Å²) in [6, 6.07) is 9.15. The number of fused-ring (bicyclic) bond motifs is 1. The number of aryl methyl sites for hydroxylation is 3. The molecule has 168 valence electrons. The number of anilines is 1. The van der Waals surface area contributed by atoms with E-state index in [0.717, 1.165) is 48.2 Å². The minimum Gasteiger partial charge on any atom is -0.311 e. The van der Waals surface area contributed by atoms with Gasteiger partial charge in [-0.05, 0) is 74.9 Å². The summed E-state index contributed by atoms with van der Waals surface area (Å²) < 4.78 is 27.4. The molecule has 2 aliphatic rings. The standard InChI is InChI=1S/C23H26N4O3S2/c1-16-12-17(2)25-23(20(16)14-24)31-15-22(28)27-11-5-6-18-13-19(7-8-21(18)27)32(29,30)26-9-3-4-10-26/h7-8,12-13H,3-6,9-11,15H2,1-2H3. The Morgan fingerprint density at radius 2 is 1.91 bits per heavy atom. The highest BCUT2D eigenvalue weighted by atomic mass is 32.2. The lowest BCUT2D eigenvalue weighted by molar-refractivity contribution is -0.116. The second kappa shape index (κ2) is 9.22. The molecule has 0 spiro atoms. The highest BCUT2D eigenvalue weighted by molar-refractivity contribution is 8.00. The maximum absolute atomic E-state index is 13.1. The average molecular weight is 471 g/mol. The van der Waals surface area contributed by atoms with Crippen LogP contribution in [0.15, 0.2) is 34.2 Å². The lowest BCUT2D eigenvalue weighted by Gasteiger charge is -2.30. The monoisotopic (exact) mass is 470 g/mol. The molecule has 0 unspecified atom stereocenters. The van der Waals surface area contributed by atoms with E-state index in [2.05, 4.69) is 11.1 Å². The van der Waals surface area contributed by atoms with E-state index >= 15 is 0 Å². The van der Waals surface area contributed by atoms with E-state index in [0.29, 0.717) is 35.1 Å². The molecule has 4 rings (SSSR count). The highest BCUT2D eigenvalue weighted by Gasteiger charge is 2.30. The summed E-state index contributed by atoms with van der Waals surface area (Å²) in [7, 11) is -3.49. The number of amides is 1. The first kappa shape index (κ1) is 22.8. The number of carbonyl (C=O) groups is 1. The van der Waals surface area contributed by atoms with Gasteiger partial charge < -0.3 is 4.90 Å². The first-order valence-corrected chi connectivity index (χ1v) is 13.2. The van der Waals surface area contributed by atoms with Crippen LogP contribution in [0.1, 0.15) is 41.6 Å². The van der Waals surface area contributed by atoms with Gasteiger partial charge in [-0.1, -0.05) is 11.8 Å². The van der Waals surface area contributed by atoms with Gasteiger partial charge in [-0.15, -0.1) is 0 Å². The molecular weight excluding hydrogens is 444 g/mol. The van der Waals surface area contributed by atoms with Crippen LogP contribution in [0.3, 0.4) is 0 Å². The van der Waals surface area contributed by atoms with Crippen LogP contribution in [0.2, 0.25) is 0 Å². The minimum absolute atomic E-state index is 0.0732. The first-order chi connectivity index (χ1) is 15.3. The zero-order chi connectivity index (χ0) is 22.9. The van der Waals surface area contributed by atoms with Crippen molar-refractivity contribution in [1.82, 2.24) is 9.29 Å². The Morgan fingerprint density at radius 3 is 2.62 bits per heavy atom. The van der Waals surface area contributed by atoms with Crippen molar-refractivity contribution < 1.29 is 13.2 Å². The second-order valence-corrected chi connectivity index (χ2v) is 11.1. The van der Waals surface area contributed by atoms with E-state index in [1.165, 1.54) is 11.8 Å². The van der Waals surface area contributed by atoms with Crippen LogP contribution >= 0.6 is 11.8 Å². The van der Waals surface area contributed by atoms with Crippen LogP contribution in [-0.4, -0.2) is 49.0 Å². The number of nitriles is 1. The summed E-state index contributed by atoms with van der Waals surface area (Å²) in [6.45, 7) is 5.47. The number of thioether (sulfide) groups is 1. The van der Waals surface area contributed by atoms with Gasteiger partial charge in [0.1, 0.15) is 11.1 Å². The topological polar surface area (TPSA) is 94.4 Å². The molecule has 0 bridgehead atoms. The number of sulfonamides is 1. The molecule has 2 aromatic rings. The number of nitrogens with zero attached hydrogens (tertiary/aromatic N) is 4. The number of benzene rings is 1. The van der Waals surface area contributed by atoms with Crippen molar-refractivity contribution in [3.63, 3.8) is 0 Å². The Hall–Kier alpha value is -2.41. The molecule has 0 aliphatic carbocycles. The van der Waals surface area contributed by atoms with Crippen LogP contribution < -0.4 is 4.90 Å². The Labute approximate surface area is 193 Å². The van der Waals surface area contributed by atoms with Gasteiger partial charge in [-0.3, -0.25) is 4.79 Å². The molecule has 0 N–H and O–H groups in total. The van der Waals surface area contributed by atoms with Gasteiger partial charge in [-0.2, -0.15) is 9.57 Å². The number of hydrogen-bond acceptors (Lipinski definition) is 6. The van der Waals surface area contributed by atoms with Gasteiger partial charge in [-0.25, -0.2) is 13.4 Å². The van der Waals surface area contributed by atoms with Crippen molar-refractivity contribution in [3.8, 4) is 6.07 Å². The SMILES string of the molecule is Cc1cc(C)c(C#N)c(SCC(=O)N2CCCc3cc(S(=O)(=O)N4CCCC4)ccc32)n1. The quantitative estimate of drug-likeness (QED) is 0.622. The van der Waals surface area contributed by atoms with Gasteiger partial charge in [0.15, 0.2) is 0 Å². The minimum atomic E-state index is -3.49. The van der Waals surface area contributed by atoms with Crippen molar-refractivity contribution in [2.45, 2.75) is 49.5 Å². The van der Waals surface area contributed by atoms with Crippen LogP contribution in [-0.2, 0) is 21.2 Å². The largest absolute Gasteiger partial charge is 0.311 e. The fourth-order valence-electron chi connectivity index (χ4n) is 4.32. The predicted octanol–water partition coefficient (Wildman–Crippen LogP) is 3.43. The Morgan fingerprint density at radius 1 is 1.16 bits per heavy atom. The fourth-order valence-corrected chi connectivity index (χ4v) is 6.87. The second-order valence-electron chi connectivity index (χ2n) is 8.21. The van der Waals surface area contributed by atoms with E-state index in [-0.39, 0.29) is 11.7 Å². The molecule has 0 atom stereocenters. The number of rotatable bonds is 5. The summed E-state index contributed by atoms with van der Waals surface area (Å²) in [5.74, 6) is 0.0913. The molecule has 7 nitrogen and oxygen atoms in total. The smallest absolute Gasteiger partial charge is 0.243 e. The van der Waals surface area contributed by atoms with E-state index in [9.17, 15) is 18.5 Å². The molecule has 1 aromatic carbocycles. The zero-order valence-corrected chi connectivity index (χ0v) is 19.9.